The van der Waals surface area contributed by atoms with Crippen LogP contribution in [0.1, 0.15) is 56.3 Å². The molecule has 1 aromatic rings. The first-order chi connectivity index (χ1) is 9.65. The van der Waals surface area contributed by atoms with E-state index in [1.165, 1.54) is 29.5 Å². The first-order valence-electron chi connectivity index (χ1n) is 7.40. The Morgan fingerprint density at radius 1 is 1.35 bits per heavy atom. The van der Waals surface area contributed by atoms with Gasteiger partial charge >= 0.3 is 6.09 Å². The number of unbranched alkanes of at least 4 members (excludes halogenated alkanes) is 1. The van der Waals surface area contributed by atoms with Gasteiger partial charge in [-0.25, -0.2) is 4.79 Å². The molecule has 3 heteroatoms. The number of fused-ring (bicyclic) bond motifs is 1. The van der Waals surface area contributed by atoms with Crippen molar-refractivity contribution in [3.63, 3.8) is 0 Å². The maximum absolute atomic E-state index is 11.7. The SMILES string of the molecule is CCCCc1ccc2c(c1)C(NC(=O)OCC)C(C)=C2. The van der Waals surface area contributed by atoms with E-state index in [1.807, 2.05) is 13.8 Å². The molecule has 1 aliphatic rings. The third-order valence-corrected chi connectivity index (χ3v) is 3.66. The van der Waals surface area contributed by atoms with E-state index >= 15 is 0 Å². The fourth-order valence-corrected chi connectivity index (χ4v) is 2.60. The van der Waals surface area contributed by atoms with Crippen molar-refractivity contribution in [2.24, 2.45) is 0 Å². The molecule has 108 valence electrons. The van der Waals surface area contributed by atoms with Gasteiger partial charge in [0.05, 0.1) is 12.6 Å². The van der Waals surface area contributed by atoms with Crippen LogP contribution in [0.4, 0.5) is 4.79 Å². The van der Waals surface area contributed by atoms with Gasteiger partial charge in [0.1, 0.15) is 0 Å². The number of hydrogen-bond acceptors (Lipinski definition) is 2. The highest BCUT2D eigenvalue weighted by Crippen LogP contribution is 2.34. The topological polar surface area (TPSA) is 38.3 Å². The maximum atomic E-state index is 11.7. The molecule has 1 atom stereocenters. The fraction of sp³-hybridized carbons (Fsp3) is 0.471. The molecule has 0 fully saturated rings. The van der Waals surface area contributed by atoms with E-state index < -0.39 is 0 Å². The molecule has 20 heavy (non-hydrogen) atoms. The van der Waals surface area contributed by atoms with Crippen LogP contribution in [0.3, 0.4) is 0 Å². The van der Waals surface area contributed by atoms with Crippen LogP contribution in [-0.2, 0) is 11.2 Å². The minimum absolute atomic E-state index is 0.0503. The van der Waals surface area contributed by atoms with Gasteiger partial charge in [0.25, 0.3) is 0 Å². The van der Waals surface area contributed by atoms with Crippen LogP contribution in [0.25, 0.3) is 6.08 Å². The van der Waals surface area contributed by atoms with E-state index in [2.05, 4.69) is 36.5 Å². The number of rotatable bonds is 5. The number of alkyl carbamates (subject to hydrolysis) is 1. The van der Waals surface area contributed by atoms with Gasteiger partial charge < -0.3 is 10.1 Å². The second-order valence-corrected chi connectivity index (χ2v) is 5.25. The van der Waals surface area contributed by atoms with Crippen LogP contribution in [0.15, 0.2) is 23.8 Å². The highest BCUT2D eigenvalue weighted by atomic mass is 16.5. The Morgan fingerprint density at radius 3 is 2.85 bits per heavy atom. The molecule has 3 nitrogen and oxygen atoms in total. The van der Waals surface area contributed by atoms with Crippen molar-refractivity contribution in [1.82, 2.24) is 5.32 Å². The lowest BCUT2D eigenvalue weighted by molar-refractivity contribution is 0.149. The molecule has 2 rings (SSSR count). The lowest BCUT2D eigenvalue weighted by Gasteiger charge is -2.17. The summed E-state index contributed by atoms with van der Waals surface area (Å²) in [5, 5.41) is 2.94. The number of amides is 1. The van der Waals surface area contributed by atoms with Crippen molar-refractivity contribution in [1.29, 1.82) is 0 Å². The quantitative estimate of drug-likeness (QED) is 0.871. The zero-order valence-electron chi connectivity index (χ0n) is 12.5. The van der Waals surface area contributed by atoms with E-state index in [4.69, 9.17) is 4.74 Å². The summed E-state index contributed by atoms with van der Waals surface area (Å²) in [4.78, 5) is 11.7. The van der Waals surface area contributed by atoms with E-state index in [1.54, 1.807) is 0 Å². The number of carbonyl (C=O) groups excluding carboxylic acids is 1. The lowest BCUT2D eigenvalue weighted by Crippen LogP contribution is -2.28. The summed E-state index contributed by atoms with van der Waals surface area (Å²) in [6.45, 7) is 6.45. The predicted molar refractivity (Wildman–Crippen MR) is 81.6 cm³/mol. The van der Waals surface area contributed by atoms with Gasteiger partial charge in [-0.3, -0.25) is 0 Å². The van der Waals surface area contributed by atoms with E-state index in [0.717, 1.165) is 12.0 Å². The van der Waals surface area contributed by atoms with Crippen molar-refractivity contribution >= 4 is 12.2 Å². The molecular weight excluding hydrogens is 250 g/mol. The summed E-state index contributed by atoms with van der Waals surface area (Å²) in [6, 6.07) is 6.50. The van der Waals surface area contributed by atoms with Gasteiger partial charge in [-0.05, 0) is 49.0 Å². The predicted octanol–water partition coefficient (Wildman–Crippen LogP) is 4.23. The highest BCUT2D eigenvalue weighted by Gasteiger charge is 2.24. The third kappa shape index (κ3) is 3.21. The Labute approximate surface area is 121 Å². The largest absolute Gasteiger partial charge is 0.450 e. The van der Waals surface area contributed by atoms with Gasteiger partial charge in [0, 0.05) is 0 Å². The number of benzene rings is 1. The average molecular weight is 273 g/mol. The first kappa shape index (κ1) is 14.6. The molecule has 0 saturated carbocycles. The maximum Gasteiger partial charge on any atom is 0.407 e. The molecular formula is C17H23NO2. The zero-order valence-corrected chi connectivity index (χ0v) is 12.5. The molecule has 0 saturated heterocycles. The van der Waals surface area contributed by atoms with Crippen molar-refractivity contribution in [3.8, 4) is 0 Å². The second-order valence-electron chi connectivity index (χ2n) is 5.25. The minimum Gasteiger partial charge on any atom is -0.450 e. The molecule has 1 unspecified atom stereocenters. The molecule has 1 amide bonds. The van der Waals surface area contributed by atoms with Gasteiger partial charge in [-0.1, -0.05) is 37.6 Å². The standard InChI is InChI=1S/C17H23NO2/c1-4-6-7-13-8-9-14-10-12(3)16(15(14)11-13)18-17(19)20-5-2/h8-11,16H,4-7H2,1-3H3,(H,18,19). The summed E-state index contributed by atoms with van der Waals surface area (Å²) in [5.74, 6) is 0. The molecule has 0 aliphatic heterocycles. The molecule has 0 radical (unpaired) electrons. The Balaban J connectivity index is 2.17. The van der Waals surface area contributed by atoms with Gasteiger partial charge in [-0.2, -0.15) is 0 Å². The summed E-state index contributed by atoms with van der Waals surface area (Å²) in [5.41, 5.74) is 4.87. The van der Waals surface area contributed by atoms with Gasteiger partial charge in [-0.15, -0.1) is 0 Å². The van der Waals surface area contributed by atoms with Gasteiger partial charge in [0.2, 0.25) is 0 Å². The highest BCUT2D eigenvalue weighted by molar-refractivity contribution is 5.73. The van der Waals surface area contributed by atoms with Crippen LogP contribution in [0.2, 0.25) is 0 Å². The average Bonchev–Trinajstić information content (AvgIpc) is 2.73. The summed E-state index contributed by atoms with van der Waals surface area (Å²) in [7, 11) is 0. The molecule has 1 aromatic carbocycles. The fourth-order valence-electron chi connectivity index (χ4n) is 2.60. The van der Waals surface area contributed by atoms with Crippen molar-refractivity contribution < 1.29 is 9.53 Å². The third-order valence-electron chi connectivity index (χ3n) is 3.66. The summed E-state index contributed by atoms with van der Waals surface area (Å²) >= 11 is 0. The first-order valence-corrected chi connectivity index (χ1v) is 7.40. The summed E-state index contributed by atoms with van der Waals surface area (Å²) < 4.78 is 4.99. The number of aryl methyl sites for hydroxylation is 1. The van der Waals surface area contributed by atoms with Crippen LogP contribution in [-0.4, -0.2) is 12.7 Å². The van der Waals surface area contributed by atoms with E-state index in [0.29, 0.717) is 6.61 Å². The monoisotopic (exact) mass is 273 g/mol. The molecule has 0 aromatic heterocycles. The van der Waals surface area contributed by atoms with Gasteiger partial charge in [0.15, 0.2) is 0 Å². The van der Waals surface area contributed by atoms with Crippen LogP contribution >= 0.6 is 0 Å². The van der Waals surface area contributed by atoms with E-state index in [9.17, 15) is 4.79 Å². The number of hydrogen-bond donors (Lipinski definition) is 1. The normalized spacial score (nSPS) is 16.6. The molecule has 1 N–H and O–H groups in total. The van der Waals surface area contributed by atoms with E-state index in [-0.39, 0.29) is 12.1 Å². The van der Waals surface area contributed by atoms with Crippen LogP contribution in [0.5, 0.6) is 0 Å². The molecule has 0 heterocycles. The second kappa shape index (κ2) is 6.60. The Kier molecular flexibility index (Phi) is 4.83. The zero-order chi connectivity index (χ0) is 14.5. The lowest BCUT2D eigenvalue weighted by atomic mass is 9.99. The number of nitrogens with one attached hydrogen (secondary N) is 1. The van der Waals surface area contributed by atoms with Crippen LogP contribution in [0, 0.1) is 0 Å². The van der Waals surface area contributed by atoms with Crippen LogP contribution < -0.4 is 5.32 Å². The van der Waals surface area contributed by atoms with Crippen molar-refractivity contribution in [2.45, 2.75) is 46.1 Å². The molecule has 0 spiro atoms. The van der Waals surface area contributed by atoms with Crippen molar-refractivity contribution in [2.75, 3.05) is 6.61 Å². The van der Waals surface area contributed by atoms with Crippen molar-refractivity contribution in [3.05, 3.63) is 40.5 Å². The smallest absolute Gasteiger partial charge is 0.407 e. The Hall–Kier alpha value is -1.77. The Bertz CT molecular complexity index is 520. The Morgan fingerprint density at radius 2 is 2.15 bits per heavy atom. The molecule has 0 bridgehead atoms. The molecule has 1 aliphatic carbocycles. The summed E-state index contributed by atoms with van der Waals surface area (Å²) in [6.07, 6.45) is 5.27. The number of ether oxygens (including phenoxy) is 1. The number of carbonyl (C=O) groups is 1. The minimum atomic E-state index is -0.350.